The lowest BCUT2D eigenvalue weighted by Gasteiger charge is -2.49. The zero-order valence-electron chi connectivity index (χ0n) is 17.0. The van der Waals surface area contributed by atoms with Crippen molar-refractivity contribution in [3.05, 3.63) is 51.3 Å². The molecular formula is C23H27NO5. The van der Waals surface area contributed by atoms with Gasteiger partial charge in [0.25, 0.3) is 0 Å². The minimum absolute atomic E-state index is 0.0943. The molecule has 2 aromatic rings. The number of carbonyl (C=O) groups is 1. The summed E-state index contributed by atoms with van der Waals surface area (Å²) in [6.45, 7) is 2.11. The largest absolute Gasteiger partial charge is 0.496 e. The summed E-state index contributed by atoms with van der Waals surface area (Å²) in [4.78, 5) is 25.0. The van der Waals surface area contributed by atoms with Crippen LogP contribution in [0.4, 0.5) is 0 Å². The smallest absolute Gasteiger partial charge is 0.343 e. The normalized spacial score (nSPS) is 16.0. The molecule has 1 aromatic heterocycles. The van der Waals surface area contributed by atoms with Crippen LogP contribution in [-0.4, -0.2) is 36.0 Å². The fourth-order valence-electron chi connectivity index (χ4n) is 4.65. The van der Waals surface area contributed by atoms with Gasteiger partial charge >= 0.3 is 5.97 Å². The number of benzene rings is 1. The number of fused-ring (bicyclic) bond motifs is 4. The second-order valence-corrected chi connectivity index (χ2v) is 7.93. The number of rotatable bonds is 6. The molecule has 0 amide bonds. The van der Waals surface area contributed by atoms with Gasteiger partial charge in [0, 0.05) is 30.0 Å². The van der Waals surface area contributed by atoms with E-state index in [0.29, 0.717) is 6.42 Å². The third kappa shape index (κ3) is 3.25. The lowest BCUT2D eigenvalue weighted by atomic mass is 9.69. The molecule has 1 N–H and O–H groups in total. The van der Waals surface area contributed by atoms with E-state index in [9.17, 15) is 14.7 Å². The van der Waals surface area contributed by atoms with Gasteiger partial charge in [0.1, 0.15) is 11.3 Å². The van der Waals surface area contributed by atoms with Crippen LogP contribution in [0.3, 0.4) is 0 Å². The molecule has 0 radical (unpaired) electrons. The Labute approximate surface area is 170 Å². The fourth-order valence-corrected chi connectivity index (χ4v) is 4.65. The molecule has 154 valence electrons. The van der Waals surface area contributed by atoms with E-state index in [1.54, 1.807) is 26.3 Å². The highest BCUT2D eigenvalue weighted by atomic mass is 16.5. The van der Waals surface area contributed by atoms with E-state index in [-0.39, 0.29) is 29.7 Å². The zero-order valence-corrected chi connectivity index (χ0v) is 17.0. The summed E-state index contributed by atoms with van der Waals surface area (Å²) < 4.78 is 12.8. The fraction of sp³-hybridized carbons (Fsp3) is 0.478. The highest BCUT2D eigenvalue weighted by Crippen LogP contribution is 2.49. The summed E-state index contributed by atoms with van der Waals surface area (Å²) >= 11 is 0. The van der Waals surface area contributed by atoms with Gasteiger partial charge in [-0.15, -0.1) is 0 Å². The molecule has 4 rings (SSSR count). The van der Waals surface area contributed by atoms with Crippen molar-refractivity contribution < 1.29 is 19.4 Å². The number of aromatic nitrogens is 1. The molecule has 1 fully saturated rings. The first kappa shape index (κ1) is 19.7. The van der Waals surface area contributed by atoms with Gasteiger partial charge in [-0.1, -0.05) is 6.07 Å². The summed E-state index contributed by atoms with van der Waals surface area (Å²) in [5, 5.41) is 9.21. The predicted octanol–water partition coefficient (Wildman–Crippen LogP) is 3.06. The van der Waals surface area contributed by atoms with Crippen LogP contribution in [0.5, 0.6) is 5.75 Å². The Hall–Kier alpha value is -2.60. The van der Waals surface area contributed by atoms with Crippen LogP contribution in [-0.2, 0) is 23.1 Å². The molecule has 0 bridgehead atoms. The third-order valence-corrected chi connectivity index (χ3v) is 6.25. The van der Waals surface area contributed by atoms with E-state index >= 15 is 0 Å². The van der Waals surface area contributed by atoms with E-state index < -0.39 is 5.97 Å². The van der Waals surface area contributed by atoms with Crippen molar-refractivity contribution in [2.45, 2.75) is 51.0 Å². The second-order valence-electron chi connectivity index (χ2n) is 7.93. The van der Waals surface area contributed by atoms with Gasteiger partial charge in [0.2, 0.25) is 0 Å². The van der Waals surface area contributed by atoms with Crippen LogP contribution in [0.2, 0.25) is 0 Å². The SMILES string of the molecule is CCOC(=O)c1cn2c(cc1=O)-c1cc(OC)c(CCCO)cc1CC21CCC1. The van der Waals surface area contributed by atoms with Crippen LogP contribution in [0.1, 0.15) is 54.1 Å². The number of ether oxygens (including phenoxy) is 2. The topological polar surface area (TPSA) is 77.8 Å². The van der Waals surface area contributed by atoms with E-state index in [4.69, 9.17) is 9.47 Å². The molecule has 29 heavy (non-hydrogen) atoms. The number of esters is 1. The number of aliphatic hydroxyl groups is 1. The van der Waals surface area contributed by atoms with E-state index in [1.807, 2.05) is 6.07 Å². The molecule has 1 aliphatic carbocycles. The summed E-state index contributed by atoms with van der Waals surface area (Å²) in [6, 6.07) is 5.72. The molecule has 0 atom stereocenters. The maximum atomic E-state index is 12.7. The minimum atomic E-state index is -0.565. The quantitative estimate of drug-likeness (QED) is 0.758. The highest BCUT2D eigenvalue weighted by Gasteiger charge is 2.43. The number of aryl methyl sites for hydroxylation is 1. The molecule has 1 aliphatic heterocycles. The van der Waals surface area contributed by atoms with Crippen molar-refractivity contribution in [1.82, 2.24) is 4.57 Å². The lowest BCUT2D eigenvalue weighted by molar-refractivity contribution is 0.0521. The Kier molecular flexibility index (Phi) is 5.21. The predicted molar refractivity (Wildman–Crippen MR) is 110 cm³/mol. The van der Waals surface area contributed by atoms with Gasteiger partial charge in [-0.3, -0.25) is 4.79 Å². The Morgan fingerprint density at radius 2 is 2.07 bits per heavy atom. The van der Waals surface area contributed by atoms with Crippen LogP contribution < -0.4 is 10.2 Å². The molecule has 1 saturated carbocycles. The van der Waals surface area contributed by atoms with Gasteiger partial charge in [0.15, 0.2) is 5.43 Å². The maximum Gasteiger partial charge on any atom is 0.343 e. The van der Waals surface area contributed by atoms with Crippen LogP contribution in [0.15, 0.2) is 29.2 Å². The van der Waals surface area contributed by atoms with Crippen molar-refractivity contribution in [2.24, 2.45) is 0 Å². The van der Waals surface area contributed by atoms with E-state index in [0.717, 1.165) is 54.7 Å². The molecule has 0 unspecified atom stereocenters. The summed E-state index contributed by atoms with van der Waals surface area (Å²) in [6.07, 6.45) is 7.14. The second kappa shape index (κ2) is 7.67. The number of hydrogen-bond donors (Lipinski definition) is 1. The lowest BCUT2D eigenvalue weighted by Crippen LogP contribution is -2.46. The summed E-state index contributed by atoms with van der Waals surface area (Å²) in [5.41, 5.74) is 3.75. The van der Waals surface area contributed by atoms with Crippen LogP contribution in [0.25, 0.3) is 11.3 Å². The Morgan fingerprint density at radius 1 is 1.28 bits per heavy atom. The molecular weight excluding hydrogens is 370 g/mol. The zero-order chi connectivity index (χ0) is 20.6. The van der Waals surface area contributed by atoms with Crippen molar-refractivity contribution in [1.29, 1.82) is 0 Å². The molecule has 6 nitrogen and oxygen atoms in total. The molecule has 6 heteroatoms. The first-order valence-corrected chi connectivity index (χ1v) is 10.3. The summed E-state index contributed by atoms with van der Waals surface area (Å²) in [7, 11) is 1.64. The first-order chi connectivity index (χ1) is 14.0. The average molecular weight is 397 g/mol. The van der Waals surface area contributed by atoms with Crippen molar-refractivity contribution in [3.63, 3.8) is 0 Å². The number of carbonyl (C=O) groups excluding carboxylic acids is 1. The van der Waals surface area contributed by atoms with Crippen molar-refractivity contribution in [2.75, 3.05) is 20.3 Å². The van der Waals surface area contributed by atoms with Gasteiger partial charge in [0.05, 0.1) is 19.4 Å². The number of hydrogen-bond acceptors (Lipinski definition) is 5. The van der Waals surface area contributed by atoms with Gasteiger partial charge in [-0.2, -0.15) is 0 Å². The minimum Gasteiger partial charge on any atom is -0.496 e. The average Bonchev–Trinajstić information content (AvgIpc) is 2.69. The first-order valence-electron chi connectivity index (χ1n) is 10.3. The van der Waals surface area contributed by atoms with Crippen LogP contribution in [0, 0.1) is 0 Å². The molecule has 1 spiro atoms. The van der Waals surface area contributed by atoms with Crippen molar-refractivity contribution >= 4 is 5.97 Å². The Bertz CT molecular complexity index is 1000. The maximum absolute atomic E-state index is 12.7. The van der Waals surface area contributed by atoms with Gasteiger partial charge in [-0.05, 0) is 62.6 Å². The van der Waals surface area contributed by atoms with Gasteiger partial charge in [-0.25, -0.2) is 4.79 Å². The monoisotopic (exact) mass is 397 g/mol. The molecule has 2 heterocycles. The number of aliphatic hydroxyl groups excluding tert-OH is 1. The number of pyridine rings is 1. The third-order valence-electron chi connectivity index (χ3n) is 6.25. The number of methoxy groups -OCH3 is 1. The highest BCUT2D eigenvalue weighted by molar-refractivity contribution is 5.89. The number of nitrogens with zero attached hydrogens (tertiary/aromatic N) is 1. The van der Waals surface area contributed by atoms with E-state index in [2.05, 4.69) is 10.6 Å². The molecule has 1 aromatic carbocycles. The van der Waals surface area contributed by atoms with Crippen LogP contribution >= 0.6 is 0 Å². The Balaban J connectivity index is 1.88. The van der Waals surface area contributed by atoms with Gasteiger partial charge < -0.3 is 19.1 Å². The summed E-state index contributed by atoms with van der Waals surface area (Å²) in [5.74, 6) is 0.195. The standard InChI is InChI=1S/C23H27NO5/c1-3-29-22(27)18-14-24-19(12-20(18)26)17-11-21(28-2)15(6-4-9-25)10-16(17)13-23(24)7-5-8-23/h10-12,14,25H,3-9,13H2,1-2H3. The Morgan fingerprint density at radius 3 is 2.69 bits per heavy atom. The van der Waals surface area contributed by atoms with Crippen molar-refractivity contribution in [3.8, 4) is 17.0 Å². The molecule has 0 saturated heterocycles. The molecule has 2 aliphatic rings. The van der Waals surface area contributed by atoms with E-state index in [1.165, 1.54) is 5.56 Å².